The Balaban J connectivity index is 1.49. The third kappa shape index (κ3) is 5.20. The first-order valence-corrected chi connectivity index (χ1v) is 9.21. The number of aromatic carboxylic acids is 1. The largest absolute Gasteiger partial charge is 0.497 e. The Bertz CT molecular complexity index is 863. The number of aryl methyl sites for hydroxylation is 2. The Labute approximate surface area is 160 Å². The summed E-state index contributed by atoms with van der Waals surface area (Å²) in [7, 11) is 1.69. The van der Waals surface area contributed by atoms with Crippen molar-refractivity contribution in [2.24, 2.45) is 0 Å². The van der Waals surface area contributed by atoms with Crippen molar-refractivity contribution in [2.75, 3.05) is 7.11 Å². The highest BCUT2D eigenvalue weighted by Gasteiger charge is 2.03. The number of carboxylic acids is 1. The molecule has 0 saturated heterocycles. The maximum absolute atomic E-state index is 10.9. The molecule has 0 amide bonds. The van der Waals surface area contributed by atoms with Crippen molar-refractivity contribution < 1.29 is 14.6 Å². The quantitative estimate of drug-likeness (QED) is 0.530. The molecular formula is C24H24O3. The third-order valence-corrected chi connectivity index (χ3v) is 4.76. The summed E-state index contributed by atoms with van der Waals surface area (Å²) in [6.07, 6.45) is 4.45. The minimum atomic E-state index is -0.897. The van der Waals surface area contributed by atoms with Crippen molar-refractivity contribution in [3.63, 3.8) is 0 Å². The molecule has 0 spiro atoms. The molecule has 0 heterocycles. The van der Waals surface area contributed by atoms with Crippen molar-refractivity contribution in [1.29, 1.82) is 0 Å². The van der Waals surface area contributed by atoms with Gasteiger partial charge in [0.25, 0.3) is 0 Å². The van der Waals surface area contributed by atoms with Crippen molar-refractivity contribution in [3.05, 3.63) is 89.5 Å². The van der Waals surface area contributed by atoms with Gasteiger partial charge >= 0.3 is 5.97 Å². The van der Waals surface area contributed by atoms with Crippen LogP contribution in [0, 0.1) is 0 Å². The Morgan fingerprint density at radius 2 is 1.19 bits per heavy atom. The summed E-state index contributed by atoms with van der Waals surface area (Å²) in [5, 5.41) is 8.98. The summed E-state index contributed by atoms with van der Waals surface area (Å²) >= 11 is 0. The van der Waals surface area contributed by atoms with Gasteiger partial charge in [0.1, 0.15) is 5.75 Å². The van der Waals surface area contributed by atoms with Crippen LogP contribution in [0.4, 0.5) is 0 Å². The lowest BCUT2D eigenvalue weighted by Crippen LogP contribution is -1.95. The van der Waals surface area contributed by atoms with Gasteiger partial charge in [-0.05, 0) is 72.2 Å². The monoisotopic (exact) mass is 360 g/mol. The molecule has 0 aliphatic carbocycles. The Kier molecular flexibility index (Phi) is 6.26. The third-order valence-electron chi connectivity index (χ3n) is 4.76. The van der Waals surface area contributed by atoms with Gasteiger partial charge < -0.3 is 9.84 Å². The van der Waals surface area contributed by atoms with Crippen molar-refractivity contribution in [2.45, 2.75) is 25.7 Å². The Morgan fingerprint density at radius 3 is 1.63 bits per heavy atom. The van der Waals surface area contributed by atoms with Crippen LogP contribution in [0.5, 0.6) is 5.75 Å². The van der Waals surface area contributed by atoms with Crippen LogP contribution in [0.25, 0.3) is 11.1 Å². The van der Waals surface area contributed by atoms with E-state index in [9.17, 15) is 4.79 Å². The van der Waals surface area contributed by atoms with E-state index in [0.29, 0.717) is 5.56 Å². The number of hydrogen-bond acceptors (Lipinski definition) is 2. The van der Waals surface area contributed by atoms with Gasteiger partial charge in [-0.1, -0.05) is 48.5 Å². The zero-order valence-corrected chi connectivity index (χ0v) is 15.5. The fourth-order valence-corrected chi connectivity index (χ4v) is 3.12. The van der Waals surface area contributed by atoms with Crippen LogP contribution >= 0.6 is 0 Å². The lowest BCUT2D eigenvalue weighted by Gasteiger charge is -2.06. The summed E-state index contributed by atoms with van der Waals surface area (Å²) in [5.74, 6) is 0.00276. The fourth-order valence-electron chi connectivity index (χ4n) is 3.12. The first-order valence-electron chi connectivity index (χ1n) is 9.21. The number of hydrogen-bond donors (Lipinski definition) is 1. The average Bonchev–Trinajstić information content (AvgIpc) is 2.72. The van der Waals surface area contributed by atoms with Crippen molar-refractivity contribution in [1.82, 2.24) is 0 Å². The summed E-state index contributed by atoms with van der Waals surface area (Å²) in [5.41, 5.74) is 5.12. The molecule has 0 unspecified atom stereocenters. The molecule has 0 bridgehead atoms. The Hall–Kier alpha value is -3.07. The summed E-state index contributed by atoms with van der Waals surface area (Å²) < 4.78 is 5.18. The minimum Gasteiger partial charge on any atom is -0.497 e. The number of rotatable bonds is 8. The van der Waals surface area contributed by atoms with Gasteiger partial charge in [-0.25, -0.2) is 4.79 Å². The van der Waals surface area contributed by atoms with E-state index >= 15 is 0 Å². The molecule has 0 aliphatic rings. The lowest BCUT2D eigenvalue weighted by atomic mass is 9.99. The van der Waals surface area contributed by atoms with E-state index in [1.807, 2.05) is 24.3 Å². The smallest absolute Gasteiger partial charge is 0.335 e. The second kappa shape index (κ2) is 9.04. The van der Waals surface area contributed by atoms with Gasteiger partial charge in [0.2, 0.25) is 0 Å². The van der Waals surface area contributed by atoms with Crippen molar-refractivity contribution in [3.8, 4) is 16.9 Å². The predicted octanol–water partition coefficient (Wildman–Crippen LogP) is 5.63. The van der Waals surface area contributed by atoms with Crippen LogP contribution in [0.15, 0.2) is 72.8 Å². The number of ether oxygens (including phenoxy) is 1. The molecule has 3 aromatic rings. The summed E-state index contributed by atoms with van der Waals surface area (Å²) in [6, 6.07) is 23.8. The molecule has 0 saturated carbocycles. The van der Waals surface area contributed by atoms with Gasteiger partial charge in [-0.2, -0.15) is 0 Å². The number of unbranched alkanes of at least 4 members (excludes halogenated alkanes) is 1. The van der Waals surface area contributed by atoms with Crippen LogP contribution in [0.1, 0.15) is 34.3 Å². The van der Waals surface area contributed by atoms with E-state index in [4.69, 9.17) is 9.84 Å². The van der Waals surface area contributed by atoms with E-state index in [1.54, 1.807) is 19.2 Å². The molecule has 0 atom stereocenters. The molecule has 27 heavy (non-hydrogen) atoms. The Morgan fingerprint density at radius 1 is 0.741 bits per heavy atom. The maximum atomic E-state index is 10.9. The molecule has 0 fully saturated rings. The van der Waals surface area contributed by atoms with E-state index in [2.05, 4.69) is 36.4 Å². The van der Waals surface area contributed by atoms with E-state index in [-0.39, 0.29) is 0 Å². The highest BCUT2D eigenvalue weighted by molar-refractivity contribution is 5.88. The van der Waals surface area contributed by atoms with E-state index in [0.717, 1.165) is 42.6 Å². The van der Waals surface area contributed by atoms with Crippen LogP contribution in [-0.4, -0.2) is 18.2 Å². The molecule has 0 aromatic heterocycles. The van der Waals surface area contributed by atoms with Crippen LogP contribution < -0.4 is 4.74 Å². The number of carbonyl (C=O) groups is 1. The average molecular weight is 360 g/mol. The molecular weight excluding hydrogens is 336 g/mol. The zero-order valence-electron chi connectivity index (χ0n) is 15.5. The molecule has 3 heteroatoms. The SMILES string of the molecule is COc1ccc(CCCCc2ccc(-c3ccc(C(=O)O)cc3)cc2)cc1. The lowest BCUT2D eigenvalue weighted by molar-refractivity contribution is 0.0697. The first kappa shape index (κ1) is 18.7. The van der Waals surface area contributed by atoms with Gasteiger partial charge in [0.15, 0.2) is 0 Å². The zero-order chi connectivity index (χ0) is 19.1. The fraction of sp³-hybridized carbons (Fsp3) is 0.208. The van der Waals surface area contributed by atoms with Gasteiger partial charge in [-0.15, -0.1) is 0 Å². The molecule has 138 valence electrons. The predicted molar refractivity (Wildman–Crippen MR) is 108 cm³/mol. The van der Waals surface area contributed by atoms with Gasteiger partial charge in [0.05, 0.1) is 12.7 Å². The second-order valence-electron chi connectivity index (χ2n) is 6.63. The summed E-state index contributed by atoms with van der Waals surface area (Å²) in [6.45, 7) is 0. The van der Waals surface area contributed by atoms with Gasteiger partial charge in [0, 0.05) is 0 Å². The van der Waals surface area contributed by atoms with E-state index in [1.165, 1.54) is 11.1 Å². The van der Waals surface area contributed by atoms with Crippen LogP contribution in [-0.2, 0) is 12.8 Å². The number of methoxy groups -OCH3 is 1. The molecule has 3 nitrogen and oxygen atoms in total. The number of carboxylic acid groups (broad SMARTS) is 1. The van der Waals surface area contributed by atoms with Gasteiger partial charge in [-0.3, -0.25) is 0 Å². The summed E-state index contributed by atoms with van der Waals surface area (Å²) in [4.78, 5) is 10.9. The maximum Gasteiger partial charge on any atom is 0.335 e. The molecule has 0 aliphatic heterocycles. The molecule has 3 rings (SSSR count). The number of benzene rings is 3. The molecule has 1 N–H and O–H groups in total. The van der Waals surface area contributed by atoms with Crippen LogP contribution in [0.2, 0.25) is 0 Å². The highest BCUT2D eigenvalue weighted by Crippen LogP contribution is 2.21. The van der Waals surface area contributed by atoms with Crippen LogP contribution in [0.3, 0.4) is 0 Å². The minimum absolute atomic E-state index is 0.312. The first-order chi connectivity index (χ1) is 13.2. The molecule has 3 aromatic carbocycles. The topological polar surface area (TPSA) is 46.5 Å². The second-order valence-corrected chi connectivity index (χ2v) is 6.63. The standard InChI is InChI=1S/C24H24O3/c1-27-23-16-8-19(9-17-23)5-3-2-4-18-6-10-20(11-7-18)21-12-14-22(15-13-21)24(25)26/h6-17H,2-5H2,1H3,(H,25,26). The van der Waals surface area contributed by atoms with E-state index < -0.39 is 5.97 Å². The van der Waals surface area contributed by atoms with Crippen molar-refractivity contribution >= 4 is 5.97 Å². The normalized spacial score (nSPS) is 10.6. The molecule has 0 radical (unpaired) electrons. The highest BCUT2D eigenvalue weighted by atomic mass is 16.5.